The van der Waals surface area contributed by atoms with Crippen LogP contribution in [0.4, 0.5) is 0 Å². The molecule has 0 aromatic heterocycles. The van der Waals surface area contributed by atoms with Gasteiger partial charge in [0, 0.05) is 13.2 Å². The third-order valence-corrected chi connectivity index (χ3v) is 1.07. The second-order valence-corrected chi connectivity index (χ2v) is 1.68. The average molecular weight is 103 g/mol. The molecule has 0 bridgehead atoms. The van der Waals surface area contributed by atoms with E-state index in [1.54, 1.807) is 0 Å². The first-order valence-corrected chi connectivity index (χ1v) is 2.51. The van der Waals surface area contributed by atoms with Gasteiger partial charge in [-0.05, 0) is 12.8 Å². The van der Waals surface area contributed by atoms with Crippen LogP contribution in [0.5, 0.6) is 0 Å². The number of rotatable bonds is 0. The van der Waals surface area contributed by atoms with Crippen molar-refractivity contribution in [3.8, 4) is 0 Å². The highest BCUT2D eigenvalue weighted by atomic mass is 16.5. The lowest BCUT2D eigenvalue weighted by Gasteiger charge is -2.15. The Kier molecular flexibility index (Phi) is 1.26. The molecule has 0 aromatic carbocycles. The van der Waals surface area contributed by atoms with E-state index < -0.39 is 6.08 Å². The summed E-state index contributed by atoms with van der Waals surface area (Å²) < 4.78 is 12.0. The molecule has 1 aliphatic heterocycles. The fourth-order valence-electron chi connectivity index (χ4n) is 0.607. The molecule has 0 atom stereocenters. The van der Waals surface area contributed by atoms with E-state index in [2.05, 4.69) is 0 Å². The zero-order valence-corrected chi connectivity index (χ0v) is 4.18. The molecule has 1 fully saturated rings. The largest absolute Gasteiger partial charge is 0.393 e. The third-order valence-electron chi connectivity index (χ3n) is 1.07. The van der Waals surface area contributed by atoms with Gasteiger partial charge in [0.05, 0.1) is 7.45 Å². The molecule has 2 nitrogen and oxygen atoms in total. The molecule has 7 heavy (non-hydrogen) atoms. The second kappa shape index (κ2) is 2.28. The minimum Gasteiger partial charge on any atom is -0.393 e. The Morgan fingerprint density at radius 2 is 2.14 bits per heavy atom. The van der Waals surface area contributed by atoms with Crippen LogP contribution < -0.4 is 0 Å². The summed E-state index contributed by atoms with van der Waals surface area (Å²) in [7, 11) is 0. The molecular formula is C5H10O2. The van der Waals surface area contributed by atoms with Gasteiger partial charge in [0.2, 0.25) is 0 Å². The van der Waals surface area contributed by atoms with Gasteiger partial charge in [0.25, 0.3) is 0 Å². The molecule has 0 unspecified atom stereocenters. The Labute approximate surface area is 44.5 Å². The highest BCUT2D eigenvalue weighted by Gasteiger charge is 2.07. The van der Waals surface area contributed by atoms with Crippen molar-refractivity contribution in [2.45, 2.75) is 18.9 Å². The molecule has 0 spiro atoms. The summed E-state index contributed by atoms with van der Waals surface area (Å²) in [4.78, 5) is 0. The molecule has 0 saturated carbocycles. The van der Waals surface area contributed by atoms with E-state index in [0.29, 0.717) is 26.1 Å². The van der Waals surface area contributed by atoms with Crippen LogP contribution >= 0.6 is 0 Å². The lowest BCUT2D eigenvalue weighted by molar-refractivity contribution is 0.0140. The van der Waals surface area contributed by atoms with Gasteiger partial charge in [-0.3, -0.25) is 0 Å². The third kappa shape index (κ3) is 1.45. The van der Waals surface area contributed by atoms with E-state index in [9.17, 15) is 0 Å². The van der Waals surface area contributed by atoms with Crippen molar-refractivity contribution in [2.24, 2.45) is 0 Å². The zero-order chi connectivity index (χ0) is 6.04. The molecule has 0 aromatic rings. The minimum absolute atomic E-state index is 0.451. The van der Waals surface area contributed by atoms with Crippen molar-refractivity contribution >= 4 is 0 Å². The van der Waals surface area contributed by atoms with Crippen molar-refractivity contribution < 1.29 is 11.2 Å². The van der Waals surface area contributed by atoms with Crippen LogP contribution in [0.15, 0.2) is 0 Å². The number of aliphatic hydroxyl groups is 1. The van der Waals surface area contributed by atoms with E-state index in [-0.39, 0.29) is 0 Å². The van der Waals surface area contributed by atoms with Crippen LogP contribution in [0.1, 0.15) is 14.2 Å². The molecule has 2 heteroatoms. The maximum atomic E-state index is 8.96. The van der Waals surface area contributed by atoms with Gasteiger partial charge in [-0.2, -0.15) is 0 Å². The van der Waals surface area contributed by atoms with E-state index in [0.717, 1.165) is 0 Å². The first kappa shape index (κ1) is 3.87. The van der Waals surface area contributed by atoms with Crippen LogP contribution in [0.2, 0.25) is 0 Å². The molecule has 0 aliphatic carbocycles. The van der Waals surface area contributed by atoms with Crippen LogP contribution in [-0.2, 0) is 4.74 Å². The molecule has 1 rings (SSSR count). The molecule has 1 N–H and O–H groups in total. The van der Waals surface area contributed by atoms with Gasteiger partial charge in [-0.15, -0.1) is 0 Å². The predicted octanol–water partition coefficient (Wildman–Crippen LogP) is 0.158. The standard InChI is InChI=1S/C5H10O2/c6-5-1-3-7-4-2-5/h5-6H,1-4H2/i5D. The second-order valence-electron chi connectivity index (χ2n) is 1.68. The van der Waals surface area contributed by atoms with Crippen LogP contribution in [0.3, 0.4) is 0 Å². The maximum Gasteiger partial charge on any atom is 0.0602 e. The maximum absolute atomic E-state index is 8.96. The summed E-state index contributed by atoms with van der Waals surface area (Å²) in [5.41, 5.74) is 0. The normalized spacial score (nSPS) is 31.9. The molecule has 1 heterocycles. The van der Waals surface area contributed by atoms with E-state index in [1.165, 1.54) is 0 Å². The molecule has 1 saturated heterocycles. The Bertz CT molecular complexity index is 74.5. The molecule has 0 amide bonds. The Morgan fingerprint density at radius 1 is 1.57 bits per heavy atom. The Hall–Kier alpha value is -0.0800. The Balaban J connectivity index is 2.33. The lowest BCUT2D eigenvalue weighted by Crippen LogP contribution is -2.19. The minimum atomic E-state index is -1.20. The van der Waals surface area contributed by atoms with Gasteiger partial charge in [-0.25, -0.2) is 0 Å². The molecule has 42 valence electrons. The Morgan fingerprint density at radius 3 is 2.43 bits per heavy atom. The zero-order valence-electron chi connectivity index (χ0n) is 5.18. The van der Waals surface area contributed by atoms with Crippen LogP contribution in [0.25, 0.3) is 0 Å². The van der Waals surface area contributed by atoms with Gasteiger partial charge >= 0.3 is 0 Å². The fourth-order valence-corrected chi connectivity index (χ4v) is 0.607. The summed E-state index contributed by atoms with van der Waals surface area (Å²) in [6, 6.07) is 0. The monoisotopic (exact) mass is 103 g/mol. The quantitative estimate of drug-likeness (QED) is 0.473. The lowest BCUT2D eigenvalue weighted by atomic mass is 10.2. The van der Waals surface area contributed by atoms with Gasteiger partial charge < -0.3 is 9.84 Å². The van der Waals surface area contributed by atoms with Crippen molar-refractivity contribution in [2.75, 3.05) is 13.2 Å². The average Bonchev–Trinajstić information content (AvgIpc) is 1.65. The fraction of sp³-hybridized carbons (Fsp3) is 1.00. The molecular weight excluding hydrogens is 92.1 g/mol. The summed E-state index contributed by atoms with van der Waals surface area (Å²) in [6.45, 7) is 1.06. The van der Waals surface area contributed by atoms with Crippen molar-refractivity contribution in [3.05, 3.63) is 0 Å². The molecule has 0 radical (unpaired) electrons. The van der Waals surface area contributed by atoms with E-state index in [4.69, 9.17) is 11.2 Å². The number of ether oxygens (including phenoxy) is 1. The van der Waals surface area contributed by atoms with E-state index in [1.807, 2.05) is 0 Å². The van der Waals surface area contributed by atoms with E-state index >= 15 is 0 Å². The summed E-state index contributed by atoms with van der Waals surface area (Å²) in [6.07, 6.45) is -0.293. The van der Waals surface area contributed by atoms with Crippen molar-refractivity contribution in [1.29, 1.82) is 0 Å². The summed E-state index contributed by atoms with van der Waals surface area (Å²) >= 11 is 0. The van der Waals surface area contributed by atoms with Crippen molar-refractivity contribution in [1.82, 2.24) is 0 Å². The van der Waals surface area contributed by atoms with Gasteiger partial charge in [-0.1, -0.05) is 0 Å². The summed E-state index contributed by atoms with van der Waals surface area (Å²) in [5.74, 6) is 0. The SMILES string of the molecule is [2H]C1(O)CCOCC1. The highest BCUT2D eigenvalue weighted by Crippen LogP contribution is 2.03. The van der Waals surface area contributed by atoms with Crippen LogP contribution in [-0.4, -0.2) is 24.4 Å². The topological polar surface area (TPSA) is 29.5 Å². The summed E-state index contributed by atoms with van der Waals surface area (Å²) in [5, 5.41) is 8.96. The van der Waals surface area contributed by atoms with Crippen molar-refractivity contribution in [3.63, 3.8) is 0 Å². The smallest absolute Gasteiger partial charge is 0.0602 e. The first-order valence-electron chi connectivity index (χ1n) is 3.01. The first-order chi connectivity index (χ1) is 3.71. The highest BCUT2D eigenvalue weighted by molar-refractivity contribution is 4.58. The van der Waals surface area contributed by atoms with Gasteiger partial charge in [0.15, 0.2) is 0 Å². The molecule has 1 aliphatic rings. The number of hydrogen-bond donors (Lipinski definition) is 1. The number of hydrogen-bond acceptors (Lipinski definition) is 2. The predicted molar refractivity (Wildman–Crippen MR) is 26.1 cm³/mol. The van der Waals surface area contributed by atoms with Gasteiger partial charge in [0.1, 0.15) is 0 Å². The van der Waals surface area contributed by atoms with Crippen LogP contribution in [0, 0.1) is 0 Å².